The van der Waals surface area contributed by atoms with Crippen molar-refractivity contribution in [3.63, 3.8) is 0 Å². The van der Waals surface area contributed by atoms with E-state index in [1.165, 1.54) is 4.31 Å². The van der Waals surface area contributed by atoms with Crippen LogP contribution in [0.25, 0.3) is 0 Å². The Morgan fingerprint density at radius 2 is 2.08 bits per heavy atom. The number of nitrogens with one attached hydrogen (secondary N) is 1. The summed E-state index contributed by atoms with van der Waals surface area (Å²) in [6.07, 6.45) is 2.23. The zero-order chi connectivity index (χ0) is 17.5. The Hall–Kier alpha value is -1.19. The number of nitrogens with zero attached hydrogens (tertiary/aromatic N) is 4. The van der Waals surface area contributed by atoms with E-state index in [0.29, 0.717) is 36.8 Å². The fourth-order valence-electron chi connectivity index (χ4n) is 3.10. The third-order valence-electron chi connectivity index (χ3n) is 5.02. The van der Waals surface area contributed by atoms with Crippen LogP contribution in [-0.4, -0.2) is 55.6 Å². The minimum atomic E-state index is -3.47. The van der Waals surface area contributed by atoms with Crippen molar-refractivity contribution in [3.8, 4) is 0 Å². The highest BCUT2D eigenvalue weighted by Gasteiger charge is 2.40. The second kappa shape index (κ2) is 6.61. The van der Waals surface area contributed by atoms with Gasteiger partial charge in [-0.05, 0) is 29.8 Å². The van der Waals surface area contributed by atoms with Crippen molar-refractivity contribution in [2.75, 3.05) is 31.6 Å². The minimum absolute atomic E-state index is 0.160. The van der Waals surface area contributed by atoms with Crippen molar-refractivity contribution >= 4 is 16.2 Å². The topological polar surface area (TPSA) is 91.6 Å². The molecule has 2 heterocycles. The summed E-state index contributed by atoms with van der Waals surface area (Å²) in [5, 5.41) is 4.09. The predicted molar refractivity (Wildman–Crippen MR) is 91.0 cm³/mol. The average molecular weight is 357 g/mol. The van der Waals surface area contributed by atoms with Crippen LogP contribution < -0.4 is 9.62 Å². The van der Waals surface area contributed by atoms with Crippen LogP contribution in [0.15, 0.2) is 4.52 Å². The Morgan fingerprint density at radius 1 is 1.38 bits per heavy atom. The molecule has 2 fully saturated rings. The van der Waals surface area contributed by atoms with E-state index in [1.54, 1.807) is 7.05 Å². The average Bonchev–Trinajstić information content (AvgIpc) is 3.10. The van der Waals surface area contributed by atoms with Crippen LogP contribution in [0.5, 0.6) is 0 Å². The van der Waals surface area contributed by atoms with Gasteiger partial charge in [-0.1, -0.05) is 20.8 Å². The van der Waals surface area contributed by atoms with E-state index >= 15 is 0 Å². The van der Waals surface area contributed by atoms with Crippen molar-refractivity contribution in [3.05, 3.63) is 5.89 Å². The standard InChI is InChI=1S/C15H27N5O3S/c1-5-19(4)24(21,22)18-13-9-20(8-12(13)10(2)3)15-16-14(23-17-15)11-6-7-11/h10-13,18H,5-9H2,1-4H3/t12-,13+/m0/s1. The highest BCUT2D eigenvalue weighted by Crippen LogP contribution is 2.40. The monoisotopic (exact) mass is 357 g/mol. The summed E-state index contributed by atoms with van der Waals surface area (Å²) in [7, 11) is -1.89. The maximum Gasteiger partial charge on any atom is 0.279 e. The summed E-state index contributed by atoms with van der Waals surface area (Å²) < 4.78 is 34.3. The van der Waals surface area contributed by atoms with Gasteiger partial charge >= 0.3 is 0 Å². The Bertz CT molecular complexity index is 670. The lowest BCUT2D eigenvalue weighted by Gasteiger charge is -2.25. The molecule has 3 rings (SSSR count). The van der Waals surface area contributed by atoms with Crippen LogP contribution in [0.3, 0.4) is 0 Å². The van der Waals surface area contributed by atoms with Crippen LogP contribution >= 0.6 is 0 Å². The molecule has 1 aromatic rings. The zero-order valence-electron chi connectivity index (χ0n) is 14.8. The third kappa shape index (κ3) is 3.57. The zero-order valence-corrected chi connectivity index (χ0v) is 15.6. The first-order valence-corrected chi connectivity index (χ1v) is 10.1. The molecule has 1 aliphatic heterocycles. The van der Waals surface area contributed by atoms with Gasteiger partial charge in [0.05, 0.1) is 0 Å². The minimum Gasteiger partial charge on any atom is -0.337 e. The maximum absolute atomic E-state index is 12.4. The Morgan fingerprint density at radius 3 is 2.67 bits per heavy atom. The molecule has 9 heteroatoms. The molecule has 1 saturated heterocycles. The highest BCUT2D eigenvalue weighted by molar-refractivity contribution is 7.87. The van der Waals surface area contributed by atoms with Gasteiger partial charge in [-0.3, -0.25) is 0 Å². The van der Waals surface area contributed by atoms with Crippen molar-refractivity contribution < 1.29 is 12.9 Å². The first kappa shape index (κ1) is 17.6. The third-order valence-corrected chi connectivity index (χ3v) is 6.70. The number of hydrogen-bond donors (Lipinski definition) is 1. The molecular weight excluding hydrogens is 330 g/mol. The van der Waals surface area contributed by atoms with E-state index in [9.17, 15) is 8.42 Å². The second-order valence-electron chi connectivity index (χ2n) is 7.16. The van der Waals surface area contributed by atoms with Crippen molar-refractivity contribution in [1.82, 2.24) is 19.2 Å². The summed E-state index contributed by atoms with van der Waals surface area (Å²) >= 11 is 0. The highest BCUT2D eigenvalue weighted by atomic mass is 32.2. The number of aromatic nitrogens is 2. The van der Waals surface area contributed by atoms with E-state index in [2.05, 4.69) is 28.7 Å². The molecule has 1 N–H and O–H groups in total. The molecule has 1 aliphatic carbocycles. The second-order valence-corrected chi connectivity index (χ2v) is 8.97. The molecule has 0 radical (unpaired) electrons. The Kier molecular flexibility index (Phi) is 4.85. The van der Waals surface area contributed by atoms with E-state index in [0.717, 1.165) is 19.4 Å². The molecule has 0 spiro atoms. The van der Waals surface area contributed by atoms with Gasteiger partial charge in [0.15, 0.2) is 0 Å². The Balaban J connectivity index is 1.73. The van der Waals surface area contributed by atoms with E-state index in [-0.39, 0.29) is 12.0 Å². The van der Waals surface area contributed by atoms with E-state index in [1.807, 2.05) is 11.8 Å². The lowest BCUT2D eigenvalue weighted by Crippen LogP contribution is -2.47. The van der Waals surface area contributed by atoms with Gasteiger partial charge in [-0.2, -0.15) is 22.4 Å². The van der Waals surface area contributed by atoms with Crippen LogP contribution in [0.2, 0.25) is 0 Å². The molecule has 136 valence electrons. The van der Waals surface area contributed by atoms with Gasteiger partial charge < -0.3 is 9.42 Å². The maximum atomic E-state index is 12.4. The fourth-order valence-corrected chi connectivity index (χ4v) is 4.25. The van der Waals surface area contributed by atoms with E-state index < -0.39 is 10.2 Å². The van der Waals surface area contributed by atoms with Crippen LogP contribution in [0.4, 0.5) is 5.95 Å². The van der Waals surface area contributed by atoms with Crippen molar-refractivity contribution in [2.45, 2.75) is 45.6 Å². The van der Waals surface area contributed by atoms with Gasteiger partial charge in [0.2, 0.25) is 5.89 Å². The molecule has 2 atom stereocenters. The predicted octanol–water partition coefficient (Wildman–Crippen LogP) is 1.19. The van der Waals surface area contributed by atoms with Gasteiger partial charge in [0.25, 0.3) is 16.2 Å². The molecule has 0 unspecified atom stereocenters. The summed E-state index contributed by atoms with van der Waals surface area (Å²) in [6, 6.07) is -0.160. The lowest BCUT2D eigenvalue weighted by molar-refractivity contribution is 0.356. The molecule has 1 aromatic heterocycles. The van der Waals surface area contributed by atoms with Crippen LogP contribution in [0, 0.1) is 11.8 Å². The molecule has 0 bridgehead atoms. The van der Waals surface area contributed by atoms with Gasteiger partial charge in [-0.15, -0.1) is 0 Å². The molecule has 2 aliphatic rings. The first-order valence-electron chi connectivity index (χ1n) is 8.64. The number of rotatable bonds is 7. The molecule has 0 amide bonds. The SMILES string of the molecule is CCN(C)S(=O)(=O)N[C@@H]1CN(c2noc(C3CC3)n2)C[C@H]1C(C)C. The summed E-state index contributed by atoms with van der Waals surface area (Å²) in [6.45, 7) is 7.77. The molecule has 8 nitrogen and oxygen atoms in total. The van der Waals surface area contributed by atoms with Gasteiger partial charge in [-0.25, -0.2) is 0 Å². The van der Waals surface area contributed by atoms with Gasteiger partial charge in [0, 0.05) is 38.6 Å². The number of hydrogen-bond acceptors (Lipinski definition) is 6. The summed E-state index contributed by atoms with van der Waals surface area (Å²) in [5.74, 6) is 2.26. The largest absolute Gasteiger partial charge is 0.337 e. The summed E-state index contributed by atoms with van der Waals surface area (Å²) in [4.78, 5) is 6.52. The normalized spacial score (nSPS) is 25.2. The Labute approximate surface area is 143 Å². The molecule has 1 saturated carbocycles. The summed E-state index contributed by atoms with van der Waals surface area (Å²) in [5.41, 5.74) is 0. The smallest absolute Gasteiger partial charge is 0.279 e. The van der Waals surface area contributed by atoms with Crippen molar-refractivity contribution in [2.24, 2.45) is 11.8 Å². The van der Waals surface area contributed by atoms with Crippen molar-refractivity contribution in [1.29, 1.82) is 0 Å². The molecular formula is C15H27N5O3S. The van der Waals surface area contributed by atoms with Gasteiger partial charge in [0.1, 0.15) is 0 Å². The fraction of sp³-hybridized carbons (Fsp3) is 0.867. The lowest BCUT2D eigenvalue weighted by atomic mass is 9.92. The molecule has 24 heavy (non-hydrogen) atoms. The van der Waals surface area contributed by atoms with Crippen LogP contribution in [0.1, 0.15) is 45.4 Å². The van der Waals surface area contributed by atoms with Crippen LogP contribution in [-0.2, 0) is 10.2 Å². The quantitative estimate of drug-likeness (QED) is 0.788. The first-order chi connectivity index (χ1) is 11.3. The number of anilines is 1. The van der Waals surface area contributed by atoms with E-state index in [4.69, 9.17) is 4.52 Å². The molecule has 0 aromatic carbocycles.